The van der Waals surface area contributed by atoms with E-state index in [4.69, 9.17) is 11.6 Å². The summed E-state index contributed by atoms with van der Waals surface area (Å²) in [6.45, 7) is 4.89. The summed E-state index contributed by atoms with van der Waals surface area (Å²) in [4.78, 5) is 14.8. The van der Waals surface area contributed by atoms with Crippen LogP contribution in [0, 0.1) is 5.92 Å². The molecule has 0 aromatic heterocycles. The van der Waals surface area contributed by atoms with E-state index in [-0.39, 0.29) is 16.7 Å². The van der Waals surface area contributed by atoms with Gasteiger partial charge in [0.15, 0.2) is 0 Å². The summed E-state index contributed by atoms with van der Waals surface area (Å²) in [6.07, 6.45) is 1.52. The molecule has 1 N–H and O–H groups in total. The van der Waals surface area contributed by atoms with Gasteiger partial charge in [0.05, 0.1) is 4.90 Å². The predicted molar refractivity (Wildman–Crippen MR) is 108 cm³/mol. The van der Waals surface area contributed by atoms with Gasteiger partial charge in [0.2, 0.25) is 10.0 Å². The molecular weight excluding hydrogens is 384 g/mol. The summed E-state index contributed by atoms with van der Waals surface area (Å²) < 4.78 is 27.6. The van der Waals surface area contributed by atoms with Gasteiger partial charge in [-0.2, -0.15) is 0 Å². The van der Waals surface area contributed by atoms with Gasteiger partial charge in [-0.15, -0.1) is 0 Å². The van der Waals surface area contributed by atoms with Crippen molar-refractivity contribution in [2.75, 3.05) is 18.0 Å². The van der Waals surface area contributed by atoms with Crippen molar-refractivity contribution in [3.05, 3.63) is 58.6 Å². The molecule has 0 bridgehead atoms. The van der Waals surface area contributed by atoms with Gasteiger partial charge in [-0.25, -0.2) is 13.1 Å². The zero-order chi connectivity index (χ0) is 19.6. The Bertz CT molecular complexity index is 957. The number of nitrogens with zero attached hydrogens (tertiary/aromatic N) is 1. The van der Waals surface area contributed by atoms with Crippen molar-refractivity contribution in [1.82, 2.24) is 4.72 Å². The Hall–Kier alpha value is -1.89. The zero-order valence-electron chi connectivity index (χ0n) is 15.4. The van der Waals surface area contributed by atoms with Crippen LogP contribution in [-0.4, -0.2) is 27.4 Å². The van der Waals surface area contributed by atoms with Gasteiger partial charge in [-0.1, -0.05) is 31.5 Å². The second kappa shape index (κ2) is 8.00. The molecule has 2 aromatic rings. The number of fused-ring (bicyclic) bond motifs is 1. The highest BCUT2D eigenvalue weighted by Gasteiger charge is 2.25. The first kappa shape index (κ1) is 19.9. The van der Waals surface area contributed by atoms with Crippen LogP contribution in [0.4, 0.5) is 5.69 Å². The van der Waals surface area contributed by atoms with Crippen molar-refractivity contribution in [2.45, 2.75) is 31.6 Å². The molecule has 3 rings (SSSR count). The molecule has 0 atom stereocenters. The summed E-state index contributed by atoms with van der Waals surface area (Å²) in [5, 5.41) is 0.510. The van der Waals surface area contributed by atoms with E-state index in [2.05, 4.69) is 4.72 Å². The number of carbonyl (C=O) groups is 1. The highest BCUT2D eigenvalue weighted by atomic mass is 35.5. The molecular formula is C20H23ClN2O3S. The maximum absolute atomic E-state index is 12.9. The number of benzene rings is 2. The van der Waals surface area contributed by atoms with E-state index < -0.39 is 10.0 Å². The normalized spacial score (nSPS) is 14.3. The lowest BCUT2D eigenvalue weighted by atomic mass is 10.0. The maximum Gasteiger partial charge on any atom is 0.258 e. The first-order valence-corrected chi connectivity index (χ1v) is 10.8. The van der Waals surface area contributed by atoms with Crippen molar-refractivity contribution in [2.24, 2.45) is 5.92 Å². The fourth-order valence-electron chi connectivity index (χ4n) is 3.09. The predicted octanol–water partition coefficient (Wildman–Crippen LogP) is 3.87. The van der Waals surface area contributed by atoms with Crippen LogP contribution < -0.4 is 9.62 Å². The highest BCUT2D eigenvalue weighted by molar-refractivity contribution is 7.89. The first-order chi connectivity index (χ1) is 12.8. The Morgan fingerprint density at radius 3 is 2.70 bits per heavy atom. The number of carbonyl (C=O) groups excluding carboxylic acids is 1. The largest absolute Gasteiger partial charge is 0.308 e. The molecule has 7 heteroatoms. The second-order valence-electron chi connectivity index (χ2n) is 7.11. The van der Waals surface area contributed by atoms with Crippen LogP contribution in [0.5, 0.6) is 0 Å². The Morgan fingerprint density at radius 1 is 1.22 bits per heavy atom. The summed E-state index contributed by atoms with van der Waals surface area (Å²) in [5.74, 6) is 0.0928. The minimum atomic E-state index is -3.56. The van der Waals surface area contributed by atoms with Gasteiger partial charge in [0.25, 0.3) is 5.91 Å². The lowest BCUT2D eigenvalue weighted by Gasteiger charge is -2.30. The monoisotopic (exact) mass is 406 g/mol. The molecule has 0 aliphatic carbocycles. The molecule has 1 aliphatic heterocycles. The number of hydrogen-bond donors (Lipinski definition) is 1. The molecule has 1 heterocycles. The summed E-state index contributed by atoms with van der Waals surface area (Å²) in [7, 11) is -3.56. The van der Waals surface area contributed by atoms with E-state index in [1.807, 2.05) is 13.8 Å². The molecule has 1 amide bonds. The van der Waals surface area contributed by atoms with Gasteiger partial charge in [0.1, 0.15) is 0 Å². The minimum absolute atomic E-state index is 0.132. The van der Waals surface area contributed by atoms with E-state index in [1.54, 1.807) is 47.4 Å². The third kappa shape index (κ3) is 4.51. The number of amides is 1. The van der Waals surface area contributed by atoms with Crippen LogP contribution in [-0.2, 0) is 16.4 Å². The second-order valence-corrected chi connectivity index (χ2v) is 9.31. The number of nitrogens with one attached hydrogen (secondary N) is 1. The van der Waals surface area contributed by atoms with E-state index in [0.717, 1.165) is 24.1 Å². The Balaban J connectivity index is 1.90. The van der Waals surface area contributed by atoms with E-state index in [9.17, 15) is 13.2 Å². The van der Waals surface area contributed by atoms with E-state index in [1.165, 1.54) is 0 Å². The molecule has 0 unspecified atom stereocenters. The molecule has 5 nitrogen and oxygen atoms in total. The third-order valence-electron chi connectivity index (χ3n) is 4.48. The number of anilines is 1. The van der Waals surface area contributed by atoms with Gasteiger partial charge in [-0.3, -0.25) is 4.79 Å². The Morgan fingerprint density at radius 2 is 2.00 bits per heavy atom. The van der Waals surface area contributed by atoms with Gasteiger partial charge >= 0.3 is 0 Å². The number of sulfonamides is 1. The van der Waals surface area contributed by atoms with Crippen molar-refractivity contribution in [3.63, 3.8) is 0 Å². The lowest BCUT2D eigenvalue weighted by Crippen LogP contribution is -2.35. The molecule has 0 saturated heterocycles. The molecule has 0 radical (unpaired) electrons. The summed E-state index contributed by atoms with van der Waals surface area (Å²) >= 11 is 6.01. The summed E-state index contributed by atoms with van der Waals surface area (Å²) in [6, 6.07) is 11.8. The molecule has 0 spiro atoms. The third-order valence-corrected chi connectivity index (χ3v) is 6.13. The number of aryl methyl sites for hydroxylation is 1. The van der Waals surface area contributed by atoms with Crippen molar-refractivity contribution >= 4 is 33.2 Å². The SMILES string of the molecule is CC(C)CNS(=O)(=O)c1ccc2c(c1)CCCN2C(=O)c1cccc(Cl)c1. The maximum atomic E-state index is 12.9. The smallest absolute Gasteiger partial charge is 0.258 e. The van der Waals surface area contributed by atoms with Crippen molar-refractivity contribution < 1.29 is 13.2 Å². The first-order valence-electron chi connectivity index (χ1n) is 8.98. The highest BCUT2D eigenvalue weighted by Crippen LogP contribution is 2.31. The van der Waals surface area contributed by atoms with Crippen LogP contribution in [0.3, 0.4) is 0 Å². The lowest BCUT2D eigenvalue weighted by molar-refractivity contribution is 0.0985. The van der Waals surface area contributed by atoms with Crippen molar-refractivity contribution in [3.8, 4) is 0 Å². The van der Waals surface area contributed by atoms with Crippen LogP contribution in [0.1, 0.15) is 36.2 Å². The Kier molecular flexibility index (Phi) is 5.89. The van der Waals surface area contributed by atoms with Gasteiger partial charge < -0.3 is 4.90 Å². The number of halogens is 1. The van der Waals surface area contributed by atoms with Gasteiger partial charge in [-0.05, 0) is 60.7 Å². The number of hydrogen-bond acceptors (Lipinski definition) is 3. The number of rotatable bonds is 5. The average molecular weight is 407 g/mol. The molecule has 1 aliphatic rings. The standard InChI is InChI=1S/C20H23ClN2O3S/c1-14(2)13-22-27(25,26)18-8-9-19-15(12-18)6-4-10-23(19)20(24)16-5-3-7-17(21)11-16/h3,5,7-9,11-12,14,22H,4,6,10,13H2,1-2H3. The fraction of sp³-hybridized carbons (Fsp3) is 0.350. The van der Waals surface area contributed by atoms with E-state index >= 15 is 0 Å². The fourth-order valence-corrected chi connectivity index (χ4v) is 4.54. The van der Waals surface area contributed by atoms with Crippen LogP contribution in [0.2, 0.25) is 5.02 Å². The van der Waals surface area contributed by atoms with E-state index in [0.29, 0.717) is 23.7 Å². The molecule has 0 saturated carbocycles. The summed E-state index contributed by atoms with van der Waals surface area (Å²) in [5.41, 5.74) is 2.14. The van der Waals surface area contributed by atoms with Crippen LogP contribution >= 0.6 is 11.6 Å². The zero-order valence-corrected chi connectivity index (χ0v) is 17.0. The molecule has 2 aromatic carbocycles. The van der Waals surface area contributed by atoms with Crippen LogP contribution in [0.15, 0.2) is 47.4 Å². The average Bonchev–Trinajstić information content (AvgIpc) is 2.65. The molecule has 144 valence electrons. The minimum Gasteiger partial charge on any atom is -0.308 e. The quantitative estimate of drug-likeness (QED) is 0.819. The molecule has 27 heavy (non-hydrogen) atoms. The molecule has 0 fully saturated rings. The Labute approximate surface area is 165 Å². The topological polar surface area (TPSA) is 66.5 Å². The van der Waals surface area contributed by atoms with Crippen molar-refractivity contribution in [1.29, 1.82) is 0 Å². The van der Waals surface area contributed by atoms with Gasteiger partial charge in [0, 0.05) is 29.4 Å². The van der Waals surface area contributed by atoms with Crippen LogP contribution in [0.25, 0.3) is 0 Å².